The van der Waals surface area contributed by atoms with E-state index in [1.165, 1.54) is 18.3 Å². The summed E-state index contributed by atoms with van der Waals surface area (Å²) >= 11 is 0. The van der Waals surface area contributed by atoms with Crippen molar-refractivity contribution in [2.45, 2.75) is 32.2 Å². The maximum atomic E-state index is 12.8. The van der Waals surface area contributed by atoms with Crippen molar-refractivity contribution >= 4 is 16.8 Å². The number of halogens is 3. The number of nitrogens with zero attached hydrogens (tertiary/aromatic N) is 1. The summed E-state index contributed by atoms with van der Waals surface area (Å²) in [6.45, 7) is 2.58. The minimum atomic E-state index is -4.39. The van der Waals surface area contributed by atoms with Crippen LogP contribution in [0.25, 0.3) is 22.0 Å². The predicted molar refractivity (Wildman–Crippen MR) is 114 cm³/mol. The molecule has 2 heterocycles. The molecule has 164 valence electrons. The minimum absolute atomic E-state index is 0. The van der Waals surface area contributed by atoms with Gasteiger partial charge in [-0.05, 0) is 30.7 Å². The molecule has 0 bridgehead atoms. The summed E-state index contributed by atoms with van der Waals surface area (Å²) in [5.41, 5.74) is 0.535. The summed E-state index contributed by atoms with van der Waals surface area (Å²) in [5.74, 6) is -0.350. The van der Waals surface area contributed by atoms with Crippen LogP contribution in [-0.2, 0) is 6.18 Å². The highest BCUT2D eigenvalue weighted by Gasteiger charge is 2.40. The van der Waals surface area contributed by atoms with Crippen molar-refractivity contribution in [3.63, 3.8) is 0 Å². The van der Waals surface area contributed by atoms with E-state index in [0.717, 1.165) is 12.1 Å². The molecule has 1 unspecified atom stereocenters. The number of amides is 1. The van der Waals surface area contributed by atoms with Crippen LogP contribution in [0.3, 0.4) is 0 Å². The van der Waals surface area contributed by atoms with Gasteiger partial charge in [-0.3, -0.25) is 9.78 Å². The lowest BCUT2D eigenvalue weighted by atomic mass is 9.89. The SMILES string of the molecule is C.CC(NC(=O)c1cnc2c(-c3ccc(C(F)(F)F)cc3)cccc2c1)C1(O)CNC1. The molecule has 0 radical (unpaired) electrons. The van der Waals surface area contributed by atoms with Crippen LogP contribution in [0.15, 0.2) is 54.7 Å². The maximum Gasteiger partial charge on any atom is 0.416 e. The lowest BCUT2D eigenvalue weighted by Gasteiger charge is -2.42. The smallest absolute Gasteiger partial charge is 0.385 e. The van der Waals surface area contributed by atoms with Crippen molar-refractivity contribution in [3.05, 3.63) is 65.9 Å². The van der Waals surface area contributed by atoms with Gasteiger partial charge in [0.15, 0.2) is 0 Å². The van der Waals surface area contributed by atoms with Crippen LogP contribution in [0.4, 0.5) is 13.2 Å². The van der Waals surface area contributed by atoms with Crippen LogP contribution >= 0.6 is 0 Å². The quantitative estimate of drug-likeness (QED) is 0.584. The van der Waals surface area contributed by atoms with E-state index in [0.29, 0.717) is 40.7 Å². The van der Waals surface area contributed by atoms with Gasteiger partial charge in [0.1, 0.15) is 5.60 Å². The average Bonchev–Trinajstić information content (AvgIpc) is 2.70. The van der Waals surface area contributed by atoms with E-state index in [-0.39, 0.29) is 13.3 Å². The minimum Gasteiger partial charge on any atom is -0.385 e. The first-order chi connectivity index (χ1) is 14.2. The first-order valence-electron chi connectivity index (χ1n) is 9.48. The molecule has 1 aliphatic heterocycles. The van der Waals surface area contributed by atoms with E-state index in [4.69, 9.17) is 0 Å². The molecule has 3 aromatic rings. The second-order valence-electron chi connectivity index (χ2n) is 7.58. The second-order valence-corrected chi connectivity index (χ2v) is 7.58. The standard InChI is InChI=1S/C22H20F3N3O2.CH4/c1-13(21(30)11-26-12-21)28-20(29)16-9-15-3-2-4-18(19(15)27-10-16)14-5-7-17(8-6-14)22(23,24)25;/h2-10,13,26,30H,11-12H2,1H3,(H,28,29);1H4. The number of alkyl halides is 3. The molecule has 8 heteroatoms. The van der Waals surface area contributed by atoms with Crippen molar-refractivity contribution in [1.29, 1.82) is 0 Å². The molecular formula is C23H24F3N3O2. The van der Waals surface area contributed by atoms with Gasteiger partial charge in [-0.1, -0.05) is 37.8 Å². The van der Waals surface area contributed by atoms with E-state index < -0.39 is 23.4 Å². The molecule has 1 amide bonds. The molecule has 1 saturated heterocycles. The molecule has 1 aliphatic rings. The lowest BCUT2D eigenvalue weighted by Crippen LogP contribution is -2.68. The fourth-order valence-electron chi connectivity index (χ4n) is 3.46. The predicted octanol–water partition coefficient (Wildman–Crippen LogP) is 4.01. The molecule has 31 heavy (non-hydrogen) atoms. The summed E-state index contributed by atoms with van der Waals surface area (Å²) in [5, 5.41) is 16.8. The van der Waals surface area contributed by atoms with E-state index in [1.807, 2.05) is 0 Å². The van der Waals surface area contributed by atoms with Gasteiger partial charge in [0, 0.05) is 30.2 Å². The average molecular weight is 431 g/mol. The first-order valence-corrected chi connectivity index (χ1v) is 9.48. The number of benzene rings is 2. The fourth-order valence-corrected chi connectivity index (χ4v) is 3.46. The number of hydrogen-bond donors (Lipinski definition) is 3. The summed E-state index contributed by atoms with van der Waals surface area (Å²) in [6.07, 6.45) is -2.96. The van der Waals surface area contributed by atoms with E-state index >= 15 is 0 Å². The number of β-amino-alcohol motifs (C(OH)–C–C–N with tert-alkyl or cyclic N) is 1. The van der Waals surface area contributed by atoms with Crippen molar-refractivity contribution < 1.29 is 23.1 Å². The number of aliphatic hydroxyl groups is 1. The van der Waals surface area contributed by atoms with Crippen LogP contribution in [0.1, 0.15) is 30.3 Å². The Kier molecular flexibility index (Phi) is 6.07. The Balaban J connectivity index is 0.00000272. The highest BCUT2D eigenvalue weighted by molar-refractivity contribution is 6.00. The number of nitrogens with one attached hydrogen (secondary N) is 2. The first kappa shape index (κ1) is 22.7. The number of fused-ring (bicyclic) bond motifs is 1. The Morgan fingerprint density at radius 2 is 1.87 bits per heavy atom. The zero-order chi connectivity index (χ0) is 21.5. The fraction of sp³-hybridized carbons (Fsp3) is 0.304. The molecule has 0 aliphatic carbocycles. The van der Waals surface area contributed by atoms with Crippen LogP contribution < -0.4 is 10.6 Å². The highest BCUT2D eigenvalue weighted by Crippen LogP contribution is 2.33. The Morgan fingerprint density at radius 1 is 1.19 bits per heavy atom. The monoisotopic (exact) mass is 431 g/mol. The number of carbonyl (C=O) groups excluding carboxylic acids is 1. The number of aromatic nitrogens is 1. The van der Waals surface area contributed by atoms with Crippen molar-refractivity contribution in [3.8, 4) is 11.1 Å². The van der Waals surface area contributed by atoms with Gasteiger partial charge >= 0.3 is 6.18 Å². The van der Waals surface area contributed by atoms with Crippen LogP contribution in [0.2, 0.25) is 0 Å². The molecular weight excluding hydrogens is 407 g/mol. The number of hydrogen-bond acceptors (Lipinski definition) is 4. The van der Waals surface area contributed by atoms with Gasteiger partial charge in [0.2, 0.25) is 0 Å². The third-order valence-electron chi connectivity index (χ3n) is 5.51. The van der Waals surface area contributed by atoms with Crippen LogP contribution in [-0.4, -0.2) is 40.7 Å². The number of carbonyl (C=O) groups is 1. The maximum absolute atomic E-state index is 12.8. The Bertz CT molecular complexity index is 1090. The van der Waals surface area contributed by atoms with Gasteiger partial charge in [-0.15, -0.1) is 0 Å². The van der Waals surface area contributed by atoms with E-state index in [1.54, 1.807) is 31.2 Å². The zero-order valence-corrected chi connectivity index (χ0v) is 16.1. The number of pyridine rings is 1. The summed E-state index contributed by atoms with van der Waals surface area (Å²) in [6, 6.07) is 11.5. The van der Waals surface area contributed by atoms with Crippen molar-refractivity contribution in [2.24, 2.45) is 0 Å². The molecule has 0 spiro atoms. The Morgan fingerprint density at radius 3 is 2.45 bits per heavy atom. The van der Waals surface area contributed by atoms with Crippen LogP contribution in [0.5, 0.6) is 0 Å². The molecule has 0 saturated carbocycles. The molecule has 3 N–H and O–H groups in total. The third-order valence-corrected chi connectivity index (χ3v) is 5.51. The summed E-state index contributed by atoms with van der Waals surface area (Å²) in [4.78, 5) is 17.0. The third kappa shape index (κ3) is 4.40. The van der Waals surface area contributed by atoms with Gasteiger partial charge in [-0.2, -0.15) is 13.2 Å². The van der Waals surface area contributed by atoms with Crippen molar-refractivity contribution in [2.75, 3.05) is 13.1 Å². The number of para-hydroxylation sites is 1. The molecule has 4 rings (SSSR count). The normalized spacial score (nSPS) is 16.2. The Hall–Kier alpha value is -2.97. The van der Waals surface area contributed by atoms with E-state index in [9.17, 15) is 23.1 Å². The largest absolute Gasteiger partial charge is 0.416 e. The van der Waals surface area contributed by atoms with Gasteiger partial charge in [0.25, 0.3) is 5.91 Å². The number of rotatable bonds is 4. The molecule has 1 aromatic heterocycles. The molecule has 5 nitrogen and oxygen atoms in total. The summed E-state index contributed by atoms with van der Waals surface area (Å²) < 4.78 is 38.4. The lowest BCUT2D eigenvalue weighted by molar-refractivity contribution is -0.137. The van der Waals surface area contributed by atoms with E-state index in [2.05, 4.69) is 15.6 Å². The van der Waals surface area contributed by atoms with Gasteiger partial charge in [-0.25, -0.2) is 0 Å². The van der Waals surface area contributed by atoms with Crippen LogP contribution in [0, 0.1) is 0 Å². The second kappa shape index (κ2) is 8.28. The topological polar surface area (TPSA) is 74.2 Å². The molecule has 1 atom stereocenters. The zero-order valence-electron chi connectivity index (χ0n) is 16.1. The summed E-state index contributed by atoms with van der Waals surface area (Å²) in [7, 11) is 0. The molecule has 1 fully saturated rings. The highest BCUT2D eigenvalue weighted by atomic mass is 19.4. The molecule has 2 aromatic carbocycles. The van der Waals surface area contributed by atoms with Gasteiger partial charge < -0.3 is 15.7 Å². The Labute approximate surface area is 178 Å². The van der Waals surface area contributed by atoms with Gasteiger partial charge in [0.05, 0.1) is 22.7 Å². The van der Waals surface area contributed by atoms with Crippen molar-refractivity contribution in [1.82, 2.24) is 15.6 Å².